The van der Waals surface area contributed by atoms with Crippen LogP contribution < -0.4 is 10.5 Å². The molecule has 6 heteroatoms. The summed E-state index contributed by atoms with van der Waals surface area (Å²) in [5, 5.41) is 0.713. The number of carbonyl (C=O) groups excluding carboxylic acids is 1. The zero-order chi connectivity index (χ0) is 16.8. The number of piperazine rings is 1. The number of amides is 1. The molecular formula is C17H26ClN3O2. The molecule has 0 bridgehead atoms. The van der Waals surface area contributed by atoms with Crippen molar-refractivity contribution < 1.29 is 9.53 Å². The van der Waals surface area contributed by atoms with Crippen LogP contribution in [-0.4, -0.2) is 55.0 Å². The lowest BCUT2D eigenvalue weighted by Crippen LogP contribution is -2.48. The van der Waals surface area contributed by atoms with Gasteiger partial charge in [0.25, 0.3) is 0 Å². The minimum Gasteiger partial charge on any atom is -0.496 e. The maximum atomic E-state index is 12.1. The highest BCUT2D eigenvalue weighted by atomic mass is 35.5. The van der Waals surface area contributed by atoms with Gasteiger partial charge in [-0.05, 0) is 31.5 Å². The molecule has 1 aliphatic heterocycles. The molecule has 0 aliphatic carbocycles. The van der Waals surface area contributed by atoms with Gasteiger partial charge in [-0.25, -0.2) is 0 Å². The summed E-state index contributed by atoms with van der Waals surface area (Å²) < 4.78 is 5.39. The summed E-state index contributed by atoms with van der Waals surface area (Å²) in [4.78, 5) is 16.4. The van der Waals surface area contributed by atoms with Crippen LogP contribution in [0.15, 0.2) is 18.2 Å². The molecule has 1 saturated heterocycles. The van der Waals surface area contributed by atoms with E-state index in [1.165, 1.54) is 0 Å². The van der Waals surface area contributed by atoms with Crippen LogP contribution in [0.2, 0.25) is 5.02 Å². The van der Waals surface area contributed by atoms with Crippen molar-refractivity contribution in [3.63, 3.8) is 0 Å². The number of benzene rings is 1. The fourth-order valence-electron chi connectivity index (χ4n) is 2.78. The monoisotopic (exact) mass is 339 g/mol. The van der Waals surface area contributed by atoms with Crippen LogP contribution in [0.25, 0.3) is 0 Å². The number of methoxy groups -OCH3 is 1. The fraction of sp³-hybridized carbons (Fsp3) is 0.588. The highest BCUT2D eigenvalue weighted by molar-refractivity contribution is 6.30. The third-order valence-corrected chi connectivity index (χ3v) is 4.41. The van der Waals surface area contributed by atoms with Crippen molar-refractivity contribution in [3.05, 3.63) is 28.8 Å². The van der Waals surface area contributed by atoms with Gasteiger partial charge in [-0.3, -0.25) is 9.69 Å². The minimum absolute atomic E-state index is 0.0792. The summed E-state index contributed by atoms with van der Waals surface area (Å²) in [6.45, 7) is 5.97. The van der Waals surface area contributed by atoms with Gasteiger partial charge in [-0.2, -0.15) is 0 Å². The van der Waals surface area contributed by atoms with Gasteiger partial charge in [-0.1, -0.05) is 11.6 Å². The van der Waals surface area contributed by atoms with E-state index >= 15 is 0 Å². The first-order chi connectivity index (χ1) is 11.0. The number of hydrogen-bond acceptors (Lipinski definition) is 4. The Bertz CT molecular complexity index is 529. The molecule has 2 rings (SSSR count). The Morgan fingerprint density at radius 1 is 1.35 bits per heavy atom. The highest BCUT2D eigenvalue weighted by Crippen LogP contribution is 2.24. The second-order valence-corrected chi connectivity index (χ2v) is 6.57. The summed E-state index contributed by atoms with van der Waals surface area (Å²) in [7, 11) is 1.67. The van der Waals surface area contributed by atoms with Crippen LogP contribution in [0.5, 0.6) is 5.75 Å². The third kappa shape index (κ3) is 5.37. The Morgan fingerprint density at radius 3 is 2.65 bits per heavy atom. The Balaban J connectivity index is 1.85. The molecule has 0 spiro atoms. The molecule has 1 aromatic rings. The van der Waals surface area contributed by atoms with E-state index in [2.05, 4.69) is 4.90 Å². The molecule has 1 heterocycles. The second-order valence-electron chi connectivity index (χ2n) is 6.13. The predicted molar refractivity (Wildman–Crippen MR) is 92.7 cm³/mol. The Kier molecular flexibility index (Phi) is 6.69. The maximum Gasteiger partial charge on any atom is 0.222 e. The summed E-state index contributed by atoms with van der Waals surface area (Å²) in [6, 6.07) is 5.75. The molecule has 1 unspecified atom stereocenters. The van der Waals surface area contributed by atoms with E-state index in [4.69, 9.17) is 22.1 Å². The van der Waals surface area contributed by atoms with Gasteiger partial charge in [0.1, 0.15) is 5.75 Å². The molecule has 2 N–H and O–H groups in total. The van der Waals surface area contributed by atoms with Gasteiger partial charge in [0.2, 0.25) is 5.91 Å². The topological polar surface area (TPSA) is 58.8 Å². The zero-order valence-electron chi connectivity index (χ0n) is 13.9. The van der Waals surface area contributed by atoms with E-state index < -0.39 is 0 Å². The van der Waals surface area contributed by atoms with Crippen molar-refractivity contribution >= 4 is 17.5 Å². The molecule has 1 aromatic carbocycles. The Morgan fingerprint density at radius 2 is 2.04 bits per heavy atom. The smallest absolute Gasteiger partial charge is 0.222 e. The molecule has 0 aromatic heterocycles. The van der Waals surface area contributed by atoms with Crippen LogP contribution >= 0.6 is 11.6 Å². The molecule has 1 atom stereocenters. The predicted octanol–water partition coefficient (Wildman–Crippen LogP) is 2.12. The van der Waals surface area contributed by atoms with E-state index in [1.54, 1.807) is 7.11 Å². The minimum atomic E-state index is 0.0792. The lowest BCUT2D eigenvalue weighted by Gasteiger charge is -2.35. The van der Waals surface area contributed by atoms with Gasteiger partial charge >= 0.3 is 0 Å². The zero-order valence-corrected chi connectivity index (χ0v) is 14.7. The first kappa shape index (κ1) is 18.0. The van der Waals surface area contributed by atoms with Crippen molar-refractivity contribution in [1.29, 1.82) is 0 Å². The van der Waals surface area contributed by atoms with E-state index in [0.717, 1.165) is 50.5 Å². The van der Waals surface area contributed by atoms with E-state index in [-0.39, 0.29) is 11.9 Å². The van der Waals surface area contributed by atoms with E-state index in [9.17, 15) is 4.79 Å². The Labute approximate surface area is 143 Å². The molecule has 5 nitrogen and oxygen atoms in total. The van der Waals surface area contributed by atoms with Gasteiger partial charge < -0.3 is 15.4 Å². The third-order valence-electron chi connectivity index (χ3n) is 4.17. The summed E-state index contributed by atoms with van der Waals surface area (Å²) in [5.74, 6) is 1.06. The molecule has 23 heavy (non-hydrogen) atoms. The van der Waals surface area contributed by atoms with Crippen molar-refractivity contribution in [2.75, 3.05) is 33.3 Å². The normalized spacial score (nSPS) is 17.1. The van der Waals surface area contributed by atoms with Gasteiger partial charge in [0.05, 0.1) is 7.11 Å². The fourth-order valence-corrected chi connectivity index (χ4v) is 2.97. The van der Waals surface area contributed by atoms with Crippen LogP contribution in [0.4, 0.5) is 0 Å². The molecule has 0 radical (unpaired) electrons. The van der Waals surface area contributed by atoms with E-state index in [1.807, 2.05) is 30.0 Å². The number of hydrogen-bond donors (Lipinski definition) is 1. The second kappa shape index (κ2) is 8.52. The highest BCUT2D eigenvalue weighted by Gasteiger charge is 2.21. The quantitative estimate of drug-likeness (QED) is 0.862. The van der Waals surface area contributed by atoms with Crippen molar-refractivity contribution in [2.45, 2.75) is 32.4 Å². The van der Waals surface area contributed by atoms with Crippen molar-refractivity contribution in [1.82, 2.24) is 9.80 Å². The van der Waals surface area contributed by atoms with E-state index in [0.29, 0.717) is 11.4 Å². The SMILES string of the molecule is COc1ccc(Cl)cc1CN1CCN(C(=O)CCC(C)N)CC1. The van der Waals surface area contributed by atoms with Crippen LogP contribution in [0, 0.1) is 0 Å². The molecule has 1 fully saturated rings. The first-order valence-corrected chi connectivity index (χ1v) is 8.45. The average molecular weight is 340 g/mol. The molecule has 1 aliphatic rings. The summed E-state index contributed by atoms with van der Waals surface area (Å²) in [6.07, 6.45) is 1.29. The van der Waals surface area contributed by atoms with Crippen LogP contribution in [-0.2, 0) is 11.3 Å². The van der Waals surface area contributed by atoms with Gasteiger partial charge in [-0.15, -0.1) is 0 Å². The lowest BCUT2D eigenvalue weighted by atomic mass is 10.1. The van der Waals surface area contributed by atoms with Crippen LogP contribution in [0.1, 0.15) is 25.3 Å². The number of nitrogens with zero attached hydrogens (tertiary/aromatic N) is 2. The van der Waals surface area contributed by atoms with Gasteiger partial charge in [0.15, 0.2) is 0 Å². The molecule has 1 amide bonds. The summed E-state index contributed by atoms with van der Waals surface area (Å²) in [5.41, 5.74) is 6.80. The lowest BCUT2D eigenvalue weighted by molar-refractivity contribution is -0.133. The maximum absolute atomic E-state index is 12.1. The van der Waals surface area contributed by atoms with Gasteiger partial charge in [0, 0.05) is 55.8 Å². The molecular weight excluding hydrogens is 314 g/mol. The molecule has 0 saturated carbocycles. The first-order valence-electron chi connectivity index (χ1n) is 8.07. The molecule has 128 valence electrons. The summed E-state index contributed by atoms with van der Waals surface area (Å²) >= 11 is 6.08. The largest absolute Gasteiger partial charge is 0.496 e. The standard InChI is InChI=1S/C17H26ClN3O2/c1-13(19)3-6-17(22)21-9-7-20(8-10-21)12-14-11-15(18)4-5-16(14)23-2/h4-5,11,13H,3,6-10,12,19H2,1-2H3. The van der Waals surface area contributed by atoms with Crippen molar-refractivity contribution in [3.8, 4) is 5.75 Å². The number of ether oxygens (including phenoxy) is 1. The number of halogens is 1. The Hall–Kier alpha value is -1.30. The number of nitrogens with two attached hydrogens (primary N) is 1. The van der Waals surface area contributed by atoms with Crippen LogP contribution in [0.3, 0.4) is 0 Å². The number of rotatable bonds is 6. The van der Waals surface area contributed by atoms with Crippen molar-refractivity contribution in [2.24, 2.45) is 5.73 Å². The number of carbonyl (C=O) groups is 1. The average Bonchev–Trinajstić information content (AvgIpc) is 2.53.